The molecule has 0 aromatic heterocycles. The van der Waals surface area contributed by atoms with Gasteiger partial charge in [-0.15, -0.1) is 0 Å². The molecule has 0 saturated carbocycles. The fourth-order valence-corrected chi connectivity index (χ4v) is 2.83. The van der Waals surface area contributed by atoms with Crippen LogP contribution in [0.25, 0.3) is 0 Å². The molecule has 104 valence electrons. The van der Waals surface area contributed by atoms with Crippen LogP contribution in [0.1, 0.15) is 24.8 Å². The molecule has 3 nitrogen and oxygen atoms in total. The Bertz CT molecular complexity index is 467. The number of carbonyl (C=O) groups is 1. The van der Waals surface area contributed by atoms with Gasteiger partial charge in [0, 0.05) is 24.5 Å². The molecule has 1 aromatic carbocycles. The van der Waals surface area contributed by atoms with Crippen LogP contribution >= 0.6 is 11.6 Å². The second kappa shape index (κ2) is 6.35. The third-order valence-electron chi connectivity index (χ3n) is 3.48. The number of rotatable bonds is 4. The highest BCUT2D eigenvalue weighted by molar-refractivity contribution is 6.31. The Morgan fingerprint density at radius 2 is 2.32 bits per heavy atom. The molecule has 1 fully saturated rings. The van der Waals surface area contributed by atoms with E-state index in [4.69, 9.17) is 16.7 Å². The van der Waals surface area contributed by atoms with Crippen molar-refractivity contribution in [1.82, 2.24) is 4.90 Å². The first-order valence-corrected chi connectivity index (χ1v) is 6.80. The monoisotopic (exact) mass is 285 g/mol. The lowest BCUT2D eigenvalue weighted by Gasteiger charge is -2.32. The number of halogens is 2. The van der Waals surface area contributed by atoms with Crippen molar-refractivity contribution in [1.29, 1.82) is 0 Å². The van der Waals surface area contributed by atoms with Gasteiger partial charge in [-0.1, -0.05) is 17.7 Å². The van der Waals surface area contributed by atoms with Crippen LogP contribution in [0.4, 0.5) is 4.39 Å². The summed E-state index contributed by atoms with van der Waals surface area (Å²) in [6.07, 6.45) is 2.17. The summed E-state index contributed by atoms with van der Waals surface area (Å²) < 4.78 is 13.0. The number of carboxylic acids is 1. The van der Waals surface area contributed by atoms with Gasteiger partial charge in [-0.05, 0) is 43.0 Å². The number of hydrogen-bond donors (Lipinski definition) is 1. The maximum absolute atomic E-state index is 13.0. The second-order valence-corrected chi connectivity index (χ2v) is 5.48. The number of nitrogens with zero attached hydrogens (tertiary/aromatic N) is 1. The van der Waals surface area contributed by atoms with Gasteiger partial charge >= 0.3 is 5.97 Å². The first-order chi connectivity index (χ1) is 9.04. The molecule has 0 aliphatic carbocycles. The molecule has 0 spiro atoms. The van der Waals surface area contributed by atoms with E-state index in [1.54, 1.807) is 6.07 Å². The Morgan fingerprint density at radius 1 is 1.53 bits per heavy atom. The zero-order valence-corrected chi connectivity index (χ0v) is 11.4. The van der Waals surface area contributed by atoms with Gasteiger partial charge in [-0.3, -0.25) is 9.69 Å². The van der Waals surface area contributed by atoms with Gasteiger partial charge in [-0.25, -0.2) is 4.39 Å². The summed E-state index contributed by atoms with van der Waals surface area (Å²) in [5.74, 6) is -0.881. The van der Waals surface area contributed by atoms with E-state index >= 15 is 0 Å². The van der Waals surface area contributed by atoms with Gasteiger partial charge in [0.05, 0.1) is 0 Å². The molecule has 1 atom stereocenters. The summed E-state index contributed by atoms with van der Waals surface area (Å²) in [4.78, 5) is 12.9. The van der Waals surface area contributed by atoms with E-state index in [1.807, 2.05) is 0 Å². The summed E-state index contributed by atoms with van der Waals surface area (Å²) in [7, 11) is 0. The second-order valence-electron chi connectivity index (χ2n) is 5.08. The predicted octanol–water partition coefficient (Wildman–Crippen LogP) is 3.17. The number of hydrogen-bond acceptors (Lipinski definition) is 2. The van der Waals surface area contributed by atoms with E-state index in [0.29, 0.717) is 11.6 Å². The molecule has 1 saturated heterocycles. The van der Waals surface area contributed by atoms with Crippen molar-refractivity contribution in [3.63, 3.8) is 0 Å². The van der Waals surface area contributed by atoms with E-state index < -0.39 is 5.97 Å². The molecular weight excluding hydrogens is 269 g/mol. The fourth-order valence-electron chi connectivity index (χ4n) is 2.60. The van der Waals surface area contributed by atoms with Crippen molar-refractivity contribution < 1.29 is 14.3 Å². The van der Waals surface area contributed by atoms with Gasteiger partial charge < -0.3 is 5.11 Å². The summed E-state index contributed by atoms with van der Waals surface area (Å²) in [6, 6.07) is 4.41. The van der Waals surface area contributed by atoms with Crippen LogP contribution in [0.15, 0.2) is 18.2 Å². The largest absolute Gasteiger partial charge is 0.481 e. The van der Waals surface area contributed by atoms with Gasteiger partial charge in [-0.2, -0.15) is 0 Å². The molecule has 1 aliphatic rings. The van der Waals surface area contributed by atoms with E-state index in [2.05, 4.69) is 4.90 Å². The molecule has 1 N–H and O–H groups in total. The average molecular weight is 286 g/mol. The zero-order valence-electron chi connectivity index (χ0n) is 10.6. The van der Waals surface area contributed by atoms with E-state index in [1.165, 1.54) is 12.1 Å². The lowest BCUT2D eigenvalue weighted by molar-refractivity contribution is -0.138. The van der Waals surface area contributed by atoms with E-state index in [0.717, 1.165) is 31.5 Å². The van der Waals surface area contributed by atoms with Crippen molar-refractivity contribution in [2.24, 2.45) is 5.92 Å². The summed E-state index contributed by atoms with van der Waals surface area (Å²) >= 11 is 6.01. The van der Waals surface area contributed by atoms with Crippen molar-refractivity contribution >= 4 is 17.6 Å². The van der Waals surface area contributed by atoms with Gasteiger partial charge in [0.25, 0.3) is 0 Å². The predicted molar refractivity (Wildman–Crippen MR) is 71.7 cm³/mol. The molecular formula is C14H17ClFNO2. The minimum Gasteiger partial charge on any atom is -0.481 e. The van der Waals surface area contributed by atoms with Crippen LogP contribution in [0.2, 0.25) is 5.02 Å². The molecule has 1 unspecified atom stereocenters. The van der Waals surface area contributed by atoms with Crippen molar-refractivity contribution in [3.8, 4) is 0 Å². The third kappa shape index (κ3) is 4.18. The molecule has 2 rings (SSSR count). The highest BCUT2D eigenvalue weighted by atomic mass is 35.5. The molecule has 1 aromatic rings. The highest BCUT2D eigenvalue weighted by Crippen LogP contribution is 2.24. The topological polar surface area (TPSA) is 40.5 Å². The maximum Gasteiger partial charge on any atom is 0.303 e. The summed E-state index contributed by atoms with van der Waals surface area (Å²) in [6.45, 7) is 2.35. The number of benzene rings is 1. The minimum atomic E-state index is -0.744. The number of likely N-dealkylation sites (tertiary alicyclic amines) is 1. The third-order valence-corrected chi connectivity index (χ3v) is 3.83. The molecule has 1 aliphatic heterocycles. The Labute approximate surface area is 117 Å². The smallest absolute Gasteiger partial charge is 0.303 e. The van der Waals surface area contributed by atoms with Crippen molar-refractivity contribution in [2.45, 2.75) is 25.8 Å². The molecule has 0 amide bonds. The maximum atomic E-state index is 13.0. The van der Waals surface area contributed by atoms with Crippen LogP contribution in [-0.2, 0) is 11.3 Å². The molecule has 5 heteroatoms. The average Bonchev–Trinajstić information content (AvgIpc) is 2.32. The summed E-state index contributed by atoms with van der Waals surface area (Å²) in [5.41, 5.74) is 0.888. The van der Waals surface area contributed by atoms with Crippen LogP contribution in [0.3, 0.4) is 0 Å². The molecule has 0 bridgehead atoms. The lowest BCUT2D eigenvalue weighted by Crippen LogP contribution is -2.35. The van der Waals surface area contributed by atoms with E-state index in [9.17, 15) is 9.18 Å². The summed E-state index contributed by atoms with van der Waals surface area (Å²) in [5, 5.41) is 9.27. The highest BCUT2D eigenvalue weighted by Gasteiger charge is 2.22. The van der Waals surface area contributed by atoms with Gasteiger partial charge in [0.2, 0.25) is 0 Å². The fraction of sp³-hybridized carbons (Fsp3) is 0.500. The van der Waals surface area contributed by atoms with Gasteiger partial charge in [0.15, 0.2) is 0 Å². The number of aliphatic carboxylic acids is 1. The first-order valence-electron chi connectivity index (χ1n) is 6.42. The normalized spacial score (nSPS) is 20.4. The minimum absolute atomic E-state index is 0.200. The van der Waals surface area contributed by atoms with Gasteiger partial charge in [0.1, 0.15) is 5.82 Å². The first kappa shape index (κ1) is 14.3. The van der Waals surface area contributed by atoms with Crippen LogP contribution in [-0.4, -0.2) is 29.1 Å². The number of carboxylic acid groups (broad SMARTS) is 1. The van der Waals surface area contributed by atoms with Crippen LogP contribution in [0.5, 0.6) is 0 Å². The molecule has 1 heterocycles. The van der Waals surface area contributed by atoms with Crippen LogP contribution < -0.4 is 0 Å². The van der Waals surface area contributed by atoms with Crippen molar-refractivity contribution in [2.75, 3.05) is 13.1 Å². The Kier molecular flexibility index (Phi) is 4.77. The zero-order chi connectivity index (χ0) is 13.8. The van der Waals surface area contributed by atoms with E-state index in [-0.39, 0.29) is 18.2 Å². The van der Waals surface area contributed by atoms with Crippen LogP contribution in [0, 0.1) is 11.7 Å². The lowest BCUT2D eigenvalue weighted by atomic mass is 9.94. The van der Waals surface area contributed by atoms with Crippen molar-refractivity contribution in [3.05, 3.63) is 34.6 Å². The Morgan fingerprint density at radius 3 is 3.00 bits per heavy atom. The Balaban J connectivity index is 1.96. The number of piperidine rings is 1. The molecule has 19 heavy (non-hydrogen) atoms. The Hall–Kier alpha value is -1.13. The SMILES string of the molecule is O=C(O)CC1CCCN(Cc2ccc(F)cc2Cl)C1. The molecule has 0 radical (unpaired) electrons. The standard InChI is InChI=1S/C14H17ClFNO2/c15-13-7-12(16)4-3-11(13)9-17-5-1-2-10(8-17)6-14(18)19/h3-4,7,10H,1-2,5-6,8-9H2,(H,18,19). The quantitative estimate of drug-likeness (QED) is 0.924.